The number of carbonyl (C=O) groups is 2. The molecule has 0 saturated heterocycles. The summed E-state index contributed by atoms with van der Waals surface area (Å²) in [4.78, 5) is 23.6. The quantitative estimate of drug-likeness (QED) is 0.498. The molecule has 26 heavy (non-hydrogen) atoms. The maximum Gasteiger partial charge on any atom is 0.312 e. The Morgan fingerprint density at radius 3 is 2.65 bits per heavy atom. The third-order valence-corrected chi connectivity index (χ3v) is 3.94. The molecular formula is C20H20N2O4. The number of rotatable bonds is 8. The van der Waals surface area contributed by atoms with E-state index in [9.17, 15) is 9.59 Å². The number of para-hydroxylation sites is 1. The van der Waals surface area contributed by atoms with Gasteiger partial charge in [-0.25, -0.2) is 0 Å². The van der Waals surface area contributed by atoms with Crippen molar-refractivity contribution < 1.29 is 18.8 Å². The molecule has 3 aromatic rings. The van der Waals surface area contributed by atoms with Gasteiger partial charge in [-0.2, -0.15) is 0 Å². The van der Waals surface area contributed by atoms with Crippen LogP contribution in [0.3, 0.4) is 0 Å². The number of benzene rings is 2. The van der Waals surface area contributed by atoms with E-state index in [1.807, 2.05) is 36.4 Å². The lowest BCUT2D eigenvalue weighted by Gasteiger charge is -2.06. The first kappa shape index (κ1) is 17.7. The van der Waals surface area contributed by atoms with Gasteiger partial charge in [0.15, 0.2) is 12.2 Å². The second-order valence-electron chi connectivity index (χ2n) is 5.90. The van der Waals surface area contributed by atoms with Gasteiger partial charge in [-0.3, -0.25) is 9.59 Å². The van der Waals surface area contributed by atoms with Crippen LogP contribution in [0.25, 0.3) is 11.0 Å². The zero-order chi connectivity index (χ0) is 18.2. The third-order valence-electron chi connectivity index (χ3n) is 3.94. The molecule has 6 nitrogen and oxygen atoms in total. The van der Waals surface area contributed by atoms with E-state index in [1.165, 1.54) is 5.56 Å². The summed E-state index contributed by atoms with van der Waals surface area (Å²) in [6, 6.07) is 17.3. The van der Waals surface area contributed by atoms with Gasteiger partial charge in [0.2, 0.25) is 0 Å². The van der Waals surface area contributed by atoms with E-state index >= 15 is 0 Å². The molecule has 1 aromatic heterocycles. The van der Waals surface area contributed by atoms with Crippen LogP contribution in [-0.4, -0.2) is 30.2 Å². The summed E-state index contributed by atoms with van der Waals surface area (Å²) in [5.74, 6) is -0.820. The number of amides is 1. The number of ether oxygens (including phenoxy) is 1. The van der Waals surface area contributed by atoms with Crippen LogP contribution in [0, 0.1) is 0 Å². The molecular weight excluding hydrogens is 332 g/mol. The summed E-state index contributed by atoms with van der Waals surface area (Å²) >= 11 is 0. The average molecular weight is 352 g/mol. The molecule has 0 unspecified atom stereocenters. The van der Waals surface area contributed by atoms with Crippen LogP contribution >= 0.6 is 0 Å². The molecule has 1 N–H and O–H groups in total. The highest BCUT2D eigenvalue weighted by Crippen LogP contribution is 2.18. The number of hydrogen-bond donors (Lipinski definition) is 1. The summed E-state index contributed by atoms with van der Waals surface area (Å²) in [5, 5.41) is 7.39. The molecule has 134 valence electrons. The van der Waals surface area contributed by atoms with E-state index in [4.69, 9.17) is 9.26 Å². The van der Waals surface area contributed by atoms with Gasteiger partial charge >= 0.3 is 5.97 Å². The first-order valence-electron chi connectivity index (χ1n) is 8.52. The van der Waals surface area contributed by atoms with Crippen molar-refractivity contribution >= 4 is 22.8 Å². The Balaban J connectivity index is 1.35. The van der Waals surface area contributed by atoms with E-state index in [2.05, 4.69) is 22.6 Å². The molecule has 0 atom stereocenters. The van der Waals surface area contributed by atoms with Gasteiger partial charge in [-0.05, 0) is 30.5 Å². The first-order valence-corrected chi connectivity index (χ1v) is 8.52. The predicted molar refractivity (Wildman–Crippen MR) is 96.4 cm³/mol. The van der Waals surface area contributed by atoms with Crippen molar-refractivity contribution in [2.45, 2.75) is 19.3 Å². The lowest BCUT2D eigenvalue weighted by molar-refractivity contribution is -0.147. The molecule has 0 saturated carbocycles. The van der Waals surface area contributed by atoms with Gasteiger partial charge in [0, 0.05) is 11.9 Å². The summed E-state index contributed by atoms with van der Waals surface area (Å²) in [7, 11) is 0. The molecule has 0 radical (unpaired) electrons. The molecule has 3 rings (SSSR count). The topological polar surface area (TPSA) is 81.4 Å². The number of hydrogen-bond acceptors (Lipinski definition) is 5. The fourth-order valence-corrected chi connectivity index (χ4v) is 2.62. The first-order chi connectivity index (χ1) is 12.7. The molecule has 1 amide bonds. The highest BCUT2D eigenvalue weighted by atomic mass is 16.5. The van der Waals surface area contributed by atoms with E-state index in [-0.39, 0.29) is 18.9 Å². The molecule has 1 heterocycles. The minimum Gasteiger partial charge on any atom is -0.455 e. The Morgan fingerprint density at radius 1 is 1.04 bits per heavy atom. The fraction of sp³-hybridized carbons (Fsp3) is 0.250. The molecule has 0 fully saturated rings. The van der Waals surface area contributed by atoms with Crippen LogP contribution in [0.5, 0.6) is 0 Å². The lowest BCUT2D eigenvalue weighted by atomic mass is 10.1. The Hall–Kier alpha value is -3.15. The third kappa shape index (κ3) is 4.92. The minimum atomic E-state index is -0.511. The Labute approximate surface area is 151 Å². The highest BCUT2D eigenvalue weighted by molar-refractivity contribution is 5.85. The predicted octanol–water partition coefficient (Wildman–Crippen LogP) is 2.66. The number of fused-ring (bicyclic) bond motifs is 1. The van der Waals surface area contributed by atoms with Gasteiger partial charge in [0.1, 0.15) is 5.69 Å². The van der Waals surface area contributed by atoms with Crippen molar-refractivity contribution in [3.8, 4) is 0 Å². The van der Waals surface area contributed by atoms with Crippen molar-refractivity contribution in [3.63, 3.8) is 0 Å². The largest absolute Gasteiger partial charge is 0.455 e. The maximum absolute atomic E-state index is 11.9. The molecule has 0 aliphatic heterocycles. The van der Waals surface area contributed by atoms with E-state index < -0.39 is 5.97 Å². The van der Waals surface area contributed by atoms with Gasteiger partial charge in [0.05, 0.1) is 6.42 Å². The summed E-state index contributed by atoms with van der Waals surface area (Å²) < 4.78 is 10.1. The lowest BCUT2D eigenvalue weighted by Crippen LogP contribution is -2.30. The van der Waals surface area contributed by atoms with E-state index in [1.54, 1.807) is 6.07 Å². The van der Waals surface area contributed by atoms with Gasteiger partial charge < -0.3 is 14.6 Å². The minimum absolute atomic E-state index is 0.0295. The number of aromatic nitrogens is 1. The maximum atomic E-state index is 11.9. The monoisotopic (exact) mass is 352 g/mol. The van der Waals surface area contributed by atoms with Gasteiger partial charge in [0.25, 0.3) is 5.91 Å². The van der Waals surface area contributed by atoms with E-state index in [0.29, 0.717) is 17.8 Å². The number of nitrogens with one attached hydrogen (secondary N) is 1. The fourth-order valence-electron chi connectivity index (χ4n) is 2.62. The standard InChI is InChI=1S/C20H20N2O4/c23-19(21-12-6-9-15-7-2-1-3-8-15)14-25-20(24)13-17-16-10-4-5-11-18(16)26-22-17/h1-5,7-8,10-11H,6,9,12-14H2,(H,21,23). The summed E-state index contributed by atoms with van der Waals surface area (Å²) in [5.41, 5.74) is 2.35. The van der Waals surface area contributed by atoms with Crippen LogP contribution < -0.4 is 5.32 Å². The SMILES string of the molecule is O=C(COC(=O)Cc1noc2ccccc12)NCCCc1ccccc1. The molecule has 6 heteroatoms. The van der Waals surface area contributed by atoms with Crippen LogP contribution in [0.4, 0.5) is 0 Å². The molecule has 0 spiro atoms. The highest BCUT2D eigenvalue weighted by Gasteiger charge is 2.14. The van der Waals surface area contributed by atoms with Crippen molar-refractivity contribution in [2.75, 3.05) is 13.2 Å². The number of carbonyl (C=O) groups excluding carboxylic acids is 2. The smallest absolute Gasteiger partial charge is 0.312 e. The molecule has 0 aliphatic rings. The Bertz CT molecular complexity index is 874. The normalized spacial score (nSPS) is 10.6. The second-order valence-corrected chi connectivity index (χ2v) is 5.90. The Kier molecular flexibility index (Phi) is 5.98. The van der Waals surface area contributed by atoms with Gasteiger partial charge in [-0.1, -0.05) is 47.6 Å². The van der Waals surface area contributed by atoms with Crippen LogP contribution in [0.1, 0.15) is 17.7 Å². The Morgan fingerprint density at radius 2 is 1.81 bits per heavy atom. The summed E-state index contributed by atoms with van der Waals surface area (Å²) in [6.45, 7) is 0.249. The zero-order valence-corrected chi connectivity index (χ0v) is 14.3. The van der Waals surface area contributed by atoms with Crippen molar-refractivity contribution in [1.29, 1.82) is 0 Å². The van der Waals surface area contributed by atoms with Crippen LogP contribution in [0.2, 0.25) is 0 Å². The van der Waals surface area contributed by atoms with Crippen molar-refractivity contribution in [3.05, 3.63) is 65.9 Å². The number of aryl methyl sites for hydroxylation is 1. The average Bonchev–Trinajstić information content (AvgIpc) is 3.07. The molecule has 0 bridgehead atoms. The van der Waals surface area contributed by atoms with Crippen molar-refractivity contribution in [2.24, 2.45) is 0 Å². The van der Waals surface area contributed by atoms with Crippen LogP contribution in [-0.2, 0) is 27.2 Å². The van der Waals surface area contributed by atoms with Gasteiger partial charge in [-0.15, -0.1) is 0 Å². The number of esters is 1. The van der Waals surface area contributed by atoms with Crippen LogP contribution in [0.15, 0.2) is 59.1 Å². The molecule has 2 aromatic carbocycles. The number of nitrogens with zero attached hydrogens (tertiary/aromatic N) is 1. The summed E-state index contributed by atoms with van der Waals surface area (Å²) in [6.07, 6.45) is 1.69. The molecule has 0 aliphatic carbocycles. The zero-order valence-electron chi connectivity index (χ0n) is 14.3. The second kappa shape index (κ2) is 8.80. The van der Waals surface area contributed by atoms with E-state index in [0.717, 1.165) is 18.2 Å². The van der Waals surface area contributed by atoms with Crippen molar-refractivity contribution in [1.82, 2.24) is 10.5 Å².